The molecule has 0 spiro atoms. The molecule has 1 aromatic rings. The summed E-state index contributed by atoms with van der Waals surface area (Å²) in [6.07, 6.45) is 3.60. The van der Waals surface area contributed by atoms with E-state index in [9.17, 15) is 4.79 Å². The highest BCUT2D eigenvalue weighted by molar-refractivity contribution is 7.13. The van der Waals surface area contributed by atoms with Crippen molar-refractivity contribution in [1.29, 1.82) is 0 Å². The van der Waals surface area contributed by atoms with Gasteiger partial charge in [0, 0.05) is 18.5 Å². The Morgan fingerprint density at radius 3 is 3.06 bits per heavy atom. The van der Waals surface area contributed by atoms with E-state index in [2.05, 4.69) is 16.8 Å². The first kappa shape index (κ1) is 11.4. The second-order valence-electron chi connectivity index (χ2n) is 4.34. The van der Waals surface area contributed by atoms with Crippen LogP contribution in [0, 0.1) is 5.92 Å². The minimum absolute atomic E-state index is 0.164. The van der Waals surface area contributed by atoms with Gasteiger partial charge in [0.25, 0.3) is 0 Å². The molecule has 2 rings (SSSR count). The Bertz CT molecular complexity index is 378. The van der Waals surface area contributed by atoms with E-state index in [1.807, 2.05) is 0 Å². The van der Waals surface area contributed by atoms with Crippen LogP contribution in [0.5, 0.6) is 0 Å². The molecule has 0 radical (unpaired) electrons. The molecule has 4 nitrogen and oxygen atoms in total. The topological polar surface area (TPSA) is 53.4 Å². The summed E-state index contributed by atoms with van der Waals surface area (Å²) in [5.74, 6) is -0.172. The van der Waals surface area contributed by atoms with Crippen LogP contribution in [0.4, 0.5) is 5.13 Å². The normalized spacial score (nSPS) is 21.8. The SMILES string of the molecule is CC1CCCN(c2nc(C(=O)O)cs2)CC1. The summed E-state index contributed by atoms with van der Waals surface area (Å²) in [7, 11) is 0. The Morgan fingerprint density at radius 2 is 2.38 bits per heavy atom. The van der Waals surface area contributed by atoms with Crippen LogP contribution in [0.25, 0.3) is 0 Å². The van der Waals surface area contributed by atoms with E-state index >= 15 is 0 Å². The molecular weight excluding hydrogens is 224 g/mol. The molecule has 1 saturated heterocycles. The molecule has 0 amide bonds. The van der Waals surface area contributed by atoms with Gasteiger partial charge in [-0.2, -0.15) is 0 Å². The maximum Gasteiger partial charge on any atom is 0.355 e. The smallest absolute Gasteiger partial charge is 0.355 e. The molecule has 1 atom stereocenters. The lowest BCUT2D eigenvalue weighted by Crippen LogP contribution is -2.24. The van der Waals surface area contributed by atoms with Crippen LogP contribution in [-0.4, -0.2) is 29.1 Å². The van der Waals surface area contributed by atoms with E-state index in [0.717, 1.165) is 24.1 Å². The maximum atomic E-state index is 10.7. The summed E-state index contributed by atoms with van der Waals surface area (Å²) in [6, 6.07) is 0. The number of thiazole rings is 1. The van der Waals surface area contributed by atoms with Gasteiger partial charge in [-0.3, -0.25) is 0 Å². The van der Waals surface area contributed by atoms with Crippen LogP contribution in [0.15, 0.2) is 5.38 Å². The molecule has 1 fully saturated rings. The van der Waals surface area contributed by atoms with Gasteiger partial charge in [-0.25, -0.2) is 9.78 Å². The summed E-state index contributed by atoms with van der Waals surface area (Å²) < 4.78 is 0. The molecule has 0 bridgehead atoms. The van der Waals surface area contributed by atoms with Crippen molar-refractivity contribution in [2.45, 2.75) is 26.2 Å². The standard InChI is InChI=1S/C11H16N2O2S/c1-8-3-2-5-13(6-4-8)11-12-9(7-16-11)10(14)15/h7-8H,2-6H2,1H3,(H,14,15). The van der Waals surface area contributed by atoms with Crippen molar-refractivity contribution in [3.63, 3.8) is 0 Å². The molecule has 0 aliphatic carbocycles. The number of anilines is 1. The molecule has 0 aromatic carbocycles. The van der Waals surface area contributed by atoms with E-state index < -0.39 is 5.97 Å². The van der Waals surface area contributed by atoms with Crippen LogP contribution in [0.3, 0.4) is 0 Å². The lowest BCUT2D eigenvalue weighted by Gasteiger charge is -2.18. The number of carbonyl (C=O) groups is 1. The van der Waals surface area contributed by atoms with Crippen LogP contribution in [0.1, 0.15) is 36.7 Å². The van der Waals surface area contributed by atoms with E-state index in [0.29, 0.717) is 0 Å². The summed E-state index contributed by atoms with van der Waals surface area (Å²) in [6.45, 7) is 4.26. The molecule has 1 aliphatic heterocycles. The Morgan fingerprint density at radius 1 is 1.56 bits per heavy atom. The molecule has 16 heavy (non-hydrogen) atoms. The fourth-order valence-corrected chi connectivity index (χ4v) is 2.82. The monoisotopic (exact) mass is 240 g/mol. The molecule has 1 N–H and O–H groups in total. The van der Waals surface area contributed by atoms with Crippen molar-refractivity contribution in [2.24, 2.45) is 5.92 Å². The second-order valence-corrected chi connectivity index (χ2v) is 5.18. The summed E-state index contributed by atoms with van der Waals surface area (Å²) in [5, 5.41) is 11.3. The van der Waals surface area contributed by atoms with E-state index in [4.69, 9.17) is 5.11 Å². The molecule has 1 aromatic heterocycles. The lowest BCUT2D eigenvalue weighted by molar-refractivity contribution is 0.0691. The number of hydrogen-bond acceptors (Lipinski definition) is 4. The highest BCUT2D eigenvalue weighted by Crippen LogP contribution is 2.25. The van der Waals surface area contributed by atoms with Gasteiger partial charge in [-0.05, 0) is 25.2 Å². The first-order valence-electron chi connectivity index (χ1n) is 5.60. The predicted octanol–water partition coefficient (Wildman–Crippen LogP) is 2.47. The van der Waals surface area contributed by atoms with Gasteiger partial charge in [0.15, 0.2) is 10.8 Å². The van der Waals surface area contributed by atoms with Crippen LogP contribution < -0.4 is 4.90 Å². The van der Waals surface area contributed by atoms with Crippen molar-refractivity contribution >= 4 is 22.4 Å². The van der Waals surface area contributed by atoms with Gasteiger partial charge in [-0.15, -0.1) is 11.3 Å². The molecule has 2 heterocycles. The van der Waals surface area contributed by atoms with Gasteiger partial charge in [0.05, 0.1) is 0 Å². The van der Waals surface area contributed by atoms with Gasteiger partial charge >= 0.3 is 5.97 Å². The third kappa shape index (κ3) is 2.52. The van der Waals surface area contributed by atoms with Crippen molar-refractivity contribution in [2.75, 3.05) is 18.0 Å². The maximum absolute atomic E-state index is 10.7. The number of carboxylic acids is 1. The molecule has 0 saturated carbocycles. The first-order chi connectivity index (χ1) is 7.66. The first-order valence-corrected chi connectivity index (χ1v) is 6.48. The number of rotatable bonds is 2. The zero-order valence-electron chi connectivity index (χ0n) is 9.35. The highest BCUT2D eigenvalue weighted by atomic mass is 32.1. The number of aromatic carboxylic acids is 1. The fraction of sp³-hybridized carbons (Fsp3) is 0.636. The Labute approximate surface area is 98.9 Å². The Hall–Kier alpha value is -1.10. The van der Waals surface area contributed by atoms with Crippen molar-refractivity contribution in [3.8, 4) is 0 Å². The molecular formula is C11H16N2O2S. The van der Waals surface area contributed by atoms with Crippen LogP contribution in [0.2, 0.25) is 0 Å². The summed E-state index contributed by atoms with van der Waals surface area (Å²) in [4.78, 5) is 17.1. The van der Waals surface area contributed by atoms with E-state index in [1.54, 1.807) is 5.38 Å². The van der Waals surface area contributed by atoms with Gasteiger partial charge in [-0.1, -0.05) is 6.92 Å². The van der Waals surface area contributed by atoms with E-state index in [1.165, 1.54) is 30.6 Å². The Balaban J connectivity index is 2.07. The third-order valence-corrected chi connectivity index (χ3v) is 3.90. The molecule has 88 valence electrons. The second kappa shape index (κ2) is 4.82. The quantitative estimate of drug-likeness (QED) is 0.862. The van der Waals surface area contributed by atoms with Crippen molar-refractivity contribution < 1.29 is 9.90 Å². The van der Waals surface area contributed by atoms with Gasteiger partial charge in [0.2, 0.25) is 0 Å². The van der Waals surface area contributed by atoms with Gasteiger partial charge in [0.1, 0.15) is 0 Å². The summed E-state index contributed by atoms with van der Waals surface area (Å²) in [5.41, 5.74) is 0.164. The van der Waals surface area contributed by atoms with Gasteiger partial charge < -0.3 is 10.0 Å². The Kier molecular flexibility index (Phi) is 3.43. The molecule has 5 heteroatoms. The third-order valence-electron chi connectivity index (χ3n) is 3.00. The minimum Gasteiger partial charge on any atom is -0.476 e. The highest BCUT2D eigenvalue weighted by Gasteiger charge is 2.18. The number of carboxylic acid groups (broad SMARTS) is 1. The average molecular weight is 240 g/mol. The largest absolute Gasteiger partial charge is 0.476 e. The van der Waals surface area contributed by atoms with Crippen molar-refractivity contribution in [3.05, 3.63) is 11.1 Å². The lowest BCUT2D eigenvalue weighted by atomic mass is 10.0. The van der Waals surface area contributed by atoms with Crippen LogP contribution in [-0.2, 0) is 0 Å². The van der Waals surface area contributed by atoms with Crippen LogP contribution >= 0.6 is 11.3 Å². The minimum atomic E-state index is -0.939. The number of hydrogen-bond donors (Lipinski definition) is 1. The zero-order valence-corrected chi connectivity index (χ0v) is 10.2. The summed E-state index contributed by atoms with van der Waals surface area (Å²) >= 11 is 1.43. The predicted molar refractivity (Wildman–Crippen MR) is 64.3 cm³/mol. The average Bonchev–Trinajstić information content (AvgIpc) is 2.63. The van der Waals surface area contributed by atoms with Crippen molar-refractivity contribution in [1.82, 2.24) is 4.98 Å². The molecule has 1 aliphatic rings. The number of nitrogens with zero attached hydrogens (tertiary/aromatic N) is 2. The van der Waals surface area contributed by atoms with E-state index in [-0.39, 0.29) is 5.69 Å². The zero-order chi connectivity index (χ0) is 11.5. The molecule has 1 unspecified atom stereocenters. The fourth-order valence-electron chi connectivity index (χ4n) is 1.96. The number of aromatic nitrogens is 1.